The molecule has 4 heteroatoms. The summed E-state index contributed by atoms with van der Waals surface area (Å²) in [5.41, 5.74) is 2.73. The summed E-state index contributed by atoms with van der Waals surface area (Å²) < 4.78 is 5.55. The molecule has 1 aliphatic rings. The molecule has 4 nitrogen and oxygen atoms in total. The largest absolute Gasteiger partial charge is 0.484 e. The number of aryl methyl sites for hydroxylation is 2. The molecule has 1 atom stereocenters. The highest BCUT2D eigenvalue weighted by atomic mass is 16.5. The Balaban J connectivity index is 1.80. The standard InChI is InChI=1S/C17H25NO3/c1-12(2)8-15(10-19)18-17(20)11-21-16-7-6-13-4-3-5-14(13)9-16/h6-7,9,12,15,19H,3-5,8,10-11H2,1-2H3,(H,18,20). The number of rotatable bonds is 7. The van der Waals surface area contributed by atoms with Gasteiger partial charge in [0.2, 0.25) is 0 Å². The van der Waals surface area contributed by atoms with Crippen LogP contribution >= 0.6 is 0 Å². The predicted molar refractivity (Wildman–Crippen MR) is 82.4 cm³/mol. The van der Waals surface area contributed by atoms with Crippen LogP contribution in [0, 0.1) is 5.92 Å². The molecule has 0 fully saturated rings. The van der Waals surface area contributed by atoms with Gasteiger partial charge in [-0.1, -0.05) is 19.9 Å². The van der Waals surface area contributed by atoms with E-state index in [4.69, 9.17) is 4.74 Å². The first-order valence-electron chi connectivity index (χ1n) is 7.73. The Hall–Kier alpha value is -1.55. The van der Waals surface area contributed by atoms with Crippen LogP contribution in [0.5, 0.6) is 5.75 Å². The molecule has 2 N–H and O–H groups in total. The Morgan fingerprint density at radius 1 is 1.33 bits per heavy atom. The van der Waals surface area contributed by atoms with Crippen molar-refractivity contribution in [3.05, 3.63) is 29.3 Å². The van der Waals surface area contributed by atoms with E-state index in [1.54, 1.807) is 0 Å². The Kier molecular flexibility index (Phi) is 5.62. The van der Waals surface area contributed by atoms with Gasteiger partial charge in [-0.3, -0.25) is 4.79 Å². The van der Waals surface area contributed by atoms with Crippen LogP contribution in [0.25, 0.3) is 0 Å². The summed E-state index contributed by atoms with van der Waals surface area (Å²) in [6.07, 6.45) is 4.21. The molecule has 0 aromatic heterocycles. The molecule has 1 aromatic carbocycles. The second kappa shape index (κ2) is 7.46. The normalized spacial score (nSPS) is 14.9. The lowest BCUT2D eigenvalue weighted by Gasteiger charge is -2.18. The van der Waals surface area contributed by atoms with Crippen molar-refractivity contribution in [2.24, 2.45) is 5.92 Å². The van der Waals surface area contributed by atoms with Crippen molar-refractivity contribution in [1.29, 1.82) is 0 Å². The van der Waals surface area contributed by atoms with Gasteiger partial charge >= 0.3 is 0 Å². The summed E-state index contributed by atoms with van der Waals surface area (Å²) in [6.45, 7) is 4.09. The minimum atomic E-state index is -0.193. The number of aliphatic hydroxyl groups excluding tert-OH is 1. The van der Waals surface area contributed by atoms with Gasteiger partial charge in [-0.15, -0.1) is 0 Å². The molecule has 1 aliphatic carbocycles. The van der Waals surface area contributed by atoms with Crippen molar-refractivity contribution in [1.82, 2.24) is 5.32 Å². The zero-order valence-corrected chi connectivity index (χ0v) is 12.9. The number of carbonyl (C=O) groups excluding carboxylic acids is 1. The van der Waals surface area contributed by atoms with Crippen LogP contribution in [0.1, 0.15) is 37.8 Å². The van der Waals surface area contributed by atoms with Crippen molar-refractivity contribution in [2.45, 2.75) is 45.6 Å². The van der Waals surface area contributed by atoms with Crippen LogP contribution in [0.2, 0.25) is 0 Å². The number of fused-ring (bicyclic) bond motifs is 1. The molecule has 0 radical (unpaired) electrons. The third-order valence-electron chi connectivity index (χ3n) is 3.78. The van der Waals surface area contributed by atoms with Gasteiger partial charge in [0.25, 0.3) is 5.91 Å². The second-order valence-electron chi connectivity index (χ2n) is 6.15. The highest BCUT2D eigenvalue weighted by molar-refractivity contribution is 5.77. The van der Waals surface area contributed by atoms with Crippen molar-refractivity contribution in [2.75, 3.05) is 13.2 Å². The molecule has 1 unspecified atom stereocenters. The molecule has 0 heterocycles. The molecule has 1 amide bonds. The molecule has 2 rings (SSSR count). The SMILES string of the molecule is CC(C)CC(CO)NC(=O)COc1ccc2c(c1)CCC2. The minimum absolute atomic E-state index is 0.00657. The van der Waals surface area contributed by atoms with E-state index in [2.05, 4.69) is 25.2 Å². The fourth-order valence-electron chi connectivity index (χ4n) is 2.80. The monoisotopic (exact) mass is 291 g/mol. The van der Waals surface area contributed by atoms with E-state index in [9.17, 15) is 9.90 Å². The molecule has 0 saturated carbocycles. The minimum Gasteiger partial charge on any atom is -0.484 e. The number of carbonyl (C=O) groups is 1. The van der Waals surface area contributed by atoms with Crippen LogP contribution in [0.15, 0.2) is 18.2 Å². The molecule has 0 saturated heterocycles. The Bertz CT molecular complexity index is 485. The lowest BCUT2D eigenvalue weighted by molar-refractivity contribution is -0.124. The maximum absolute atomic E-state index is 11.9. The van der Waals surface area contributed by atoms with Gasteiger partial charge in [-0.25, -0.2) is 0 Å². The van der Waals surface area contributed by atoms with E-state index in [0.717, 1.165) is 25.0 Å². The van der Waals surface area contributed by atoms with Crippen LogP contribution in [0.3, 0.4) is 0 Å². The number of benzene rings is 1. The van der Waals surface area contributed by atoms with Crippen LogP contribution in [-0.4, -0.2) is 30.3 Å². The Morgan fingerprint density at radius 2 is 2.10 bits per heavy atom. The summed E-state index contributed by atoms with van der Waals surface area (Å²) >= 11 is 0. The summed E-state index contributed by atoms with van der Waals surface area (Å²) in [6, 6.07) is 5.86. The van der Waals surface area contributed by atoms with Crippen molar-refractivity contribution < 1.29 is 14.6 Å². The van der Waals surface area contributed by atoms with E-state index < -0.39 is 0 Å². The second-order valence-corrected chi connectivity index (χ2v) is 6.15. The van der Waals surface area contributed by atoms with Crippen LogP contribution < -0.4 is 10.1 Å². The van der Waals surface area contributed by atoms with E-state index in [1.807, 2.05) is 12.1 Å². The first-order valence-corrected chi connectivity index (χ1v) is 7.73. The molecular formula is C17H25NO3. The smallest absolute Gasteiger partial charge is 0.258 e. The van der Waals surface area contributed by atoms with Crippen LogP contribution in [-0.2, 0) is 17.6 Å². The average molecular weight is 291 g/mol. The lowest BCUT2D eigenvalue weighted by Crippen LogP contribution is -2.40. The van der Waals surface area contributed by atoms with Crippen molar-refractivity contribution in [3.8, 4) is 5.75 Å². The molecule has 1 aromatic rings. The molecule has 116 valence electrons. The number of amides is 1. The van der Waals surface area contributed by atoms with Gasteiger partial charge in [-0.2, -0.15) is 0 Å². The summed E-state index contributed by atoms with van der Waals surface area (Å²) in [5, 5.41) is 12.1. The first kappa shape index (κ1) is 15.8. The number of ether oxygens (including phenoxy) is 1. The maximum Gasteiger partial charge on any atom is 0.258 e. The van der Waals surface area contributed by atoms with Crippen LogP contribution in [0.4, 0.5) is 0 Å². The fourth-order valence-corrected chi connectivity index (χ4v) is 2.80. The van der Waals surface area contributed by atoms with Crippen molar-refractivity contribution in [3.63, 3.8) is 0 Å². The maximum atomic E-state index is 11.9. The highest BCUT2D eigenvalue weighted by Gasteiger charge is 2.14. The number of aliphatic hydroxyl groups is 1. The van der Waals surface area contributed by atoms with E-state index in [1.165, 1.54) is 17.5 Å². The third kappa shape index (κ3) is 4.74. The van der Waals surface area contributed by atoms with Crippen molar-refractivity contribution >= 4 is 5.91 Å². The quantitative estimate of drug-likeness (QED) is 0.808. The number of hydrogen-bond acceptors (Lipinski definition) is 3. The van der Waals surface area contributed by atoms with Gasteiger partial charge in [-0.05, 0) is 54.9 Å². The highest BCUT2D eigenvalue weighted by Crippen LogP contribution is 2.25. The summed E-state index contributed by atoms with van der Waals surface area (Å²) in [7, 11) is 0. The molecule has 21 heavy (non-hydrogen) atoms. The lowest BCUT2D eigenvalue weighted by atomic mass is 10.0. The topological polar surface area (TPSA) is 58.6 Å². The molecule has 0 bridgehead atoms. The number of hydrogen-bond donors (Lipinski definition) is 2. The number of nitrogens with one attached hydrogen (secondary N) is 1. The molecule has 0 aliphatic heterocycles. The summed E-state index contributed by atoms with van der Waals surface area (Å²) in [4.78, 5) is 11.9. The Labute approximate surface area is 126 Å². The fraction of sp³-hybridized carbons (Fsp3) is 0.588. The van der Waals surface area contributed by atoms with Gasteiger partial charge in [0, 0.05) is 0 Å². The summed E-state index contributed by atoms with van der Waals surface area (Å²) in [5.74, 6) is 0.991. The van der Waals surface area contributed by atoms with Gasteiger partial charge < -0.3 is 15.2 Å². The Morgan fingerprint density at radius 3 is 2.81 bits per heavy atom. The first-order chi connectivity index (χ1) is 10.1. The van der Waals surface area contributed by atoms with Gasteiger partial charge in [0.1, 0.15) is 5.75 Å². The molecule has 0 spiro atoms. The van der Waals surface area contributed by atoms with E-state index >= 15 is 0 Å². The average Bonchev–Trinajstić information content (AvgIpc) is 2.91. The van der Waals surface area contributed by atoms with Gasteiger partial charge in [0.15, 0.2) is 6.61 Å². The third-order valence-corrected chi connectivity index (χ3v) is 3.78. The zero-order chi connectivity index (χ0) is 15.2. The molecular weight excluding hydrogens is 266 g/mol. The van der Waals surface area contributed by atoms with Gasteiger partial charge in [0.05, 0.1) is 12.6 Å². The van der Waals surface area contributed by atoms with E-state index in [0.29, 0.717) is 5.92 Å². The predicted octanol–water partition coefficient (Wildman–Crippen LogP) is 2.08. The zero-order valence-electron chi connectivity index (χ0n) is 12.9. The van der Waals surface area contributed by atoms with E-state index in [-0.39, 0.29) is 25.2 Å².